The van der Waals surface area contributed by atoms with Crippen LogP contribution in [0.1, 0.15) is 0 Å². The lowest BCUT2D eigenvalue weighted by Crippen LogP contribution is -1.96. The molecular weight excluding hydrogens is 266 g/mol. The Hall–Kier alpha value is -1.52. The fourth-order valence-electron chi connectivity index (χ4n) is 1.19. The standard InChI is InChI=1S/C11H7Cl2FN2O/c12-6-1-2-10(8(14)3-6)17-11-9(15)4-7(13)5-16-11/h1-5H,15H2. The first-order valence-corrected chi connectivity index (χ1v) is 5.36. The second kappa shape index (κ2) is 4.77. The summed E-state index contributed by atoms with van der Waals surface area (Å²) in [4.78, 5) is 3.86. The van der Waals surface area contributed by atoms with E-state index in [9.17, 15) is 4.39 Å². The Labute approximate surface area is 107 Å². The van der Waals surface area contributed by atoms with Crippen molar-refractivity contribution in [1.82, 2.24) is 4.98 Å². The maximum absolute atomic E-state index is 13.4. The van der Waals surface area contributed by atoms with Crippen molar-refractivity contribution in [2.45, 2.75) is 0 Å². The number of pyridine rings is 1. The number of nitrogens with zero attached hydrogens (tertiary/aromatic N) is 1. The van der Waals surface area contributed by atoms with Gasteiger partial charge in [0.2, 0.25) is 5.88 Å². The van der Waals surface area contributed by atoms with Gasteiger partial charge < -0.3 is 10.5 Å². The van der Waals surface area contributed by atoms with Gasteiger partial charge in [-0.3, -0.25) is 0 Å². The number of nitrogens with two attached hydrogens (primary N) is 1. The van der Waals surface area contributed by atoms with Crippen LogP contribution in [0.25, 0.3) is 0 Å². The Balaban J connectivity index is 2.31. The van der Waals surface area contributed by atoms with Gasteiger partial charge in [0.25, 0.3) is 0 Å². The Kier molecular flexibility index (Phi) is 3.36. The number of anilines is 1. The predicted octanol–water partition coefficient (Wildman–Crippen LogP) is 3.90. The summed E-state index contributed by atoms with van der Waals surface area (Å²) in [5, 5.41) is 0.665. The monoisotopic (exact) mass is 272 g/mol. The highest BCUT2D eigenvalue weighted by Gasteiger charge is 2.09. The topological polar surface area (TPSA) is 48.1 Å². The Morgan fingerprint density at radius 1 is 1.18 bits per heavy atom. The number of hydrogen-bond donors (Lipinski definition) is 1. The summed E-state index contributed by atoms with van der Waals surface area (Å²) >= 11 is 11.3. The zero-order chi connectivity index (χ0) is 12.4. The van der Waals surface area contributed by atoms with Crippen molar-refractivity contribution in [3.8, 4) is 11.6 Å². The van der Waals surface area contributed by atoms with Crippen LogP contribution in [0.2, 0.25) is 10.0 Å². The van der Waals surface area contributed by atoms with E-state index in [0.717, 1.165) is 6.07 Å². The average Bonchev–Trinajstić information content (AvgIpc) is 2.25. The van der Waals surface area contributed by atoms with E-state index in [-0.39, 0.29) is 22.3 Å². The van der Waals surface area contributed by atoms with Crippen LogP contribution >= 0.6 is 23.2 Å². The van der Waals surface area contributed by atoms with Crippen LogP contribution in [0.3, 0.4) is 0 Å². The lowest BCUT2D eigenvalue weighted by atomic mass is 10.3. The van der Waals surface area contributed by atoms with Crippen LogP contribution in [0.5, 0.6) is 11.6 Å². The number of nitrogen functional groups attached to an aromatic ring is 1. The van der Waals surface area contributed by atoms with Gasteiger partial charge in [0.1, 0.15) is 0 Å². The van der Waals surface area contributed by atoms with Crippen molar-refractivity contribution in [2.24, 2.45) is 0 Å². The summed E-state index contributed by atoms with van der Waals surface area (Å²) in [5.74, 6) is -0.500. The fourth-order valence-corrected chi connectivity index (χ4v) is 1.51. The van der Waals surface area contributed by atoms with E-state index >= 15 is 0 Å². The van der Waals surface area contributed by atoms with E-state index < -0.39 is 5.82 Å². The molecule has 0 aliphatic carbocycles. The highest BCUT2D eigenvalue weighted by molar-refractivity contribution is 6.31. The molecule has 0 bridgehead atoms. The minimum absolute atomic E-state index is 0.00378. The van der Waals surface area contributed by atoms with Crippen molar-refractivity contribution < 1.29 is 9.13 Å². The Morgan fingerprint density at radius 2 is 1.94 bits per heavy atom. The molecule has 88 valence electrons. The zero-order valence-corrected chi connectivity index (χ0v) is 9.97. The van der Waals surface area contributed by atoms with Gasteiger partial charge in [-0.2, -0.15) is 0 Å². The number of ether oxygens (including phenoxy) is 1. The minimum Gasteiger partial charge on any atom is -0.434 e. The molecule has 17 heavy (non-hydrogen) atoms. The predicted molar refractivity (Wildman–Crippen MR) is 65.1 cm³/mol. The van der Waals surface area contributed by atoms with Gasteiger partial charge >= 0.3 is 0 Å². The zero-order valence-electron chi connectivity index (χ0n) is 8.45. The number of hydrogen-bond acceptors (Lipinski definition) is 3. The van der Waals surface area contributed by atoms with Crippen LogP contribution < -0.4 is 10.5 Å². The molecule has 6 heteroatoms. The molecule has 1 aromatic heterocycles. The second-order valence-electron chi connectivity index (χ2n) is 3.22. The molecule has 1 aromatic carbocycles. The quantitative estimate of drug-likeness (QED) is 0.902. The third kappa shape index (κ3) is 2.78. The summed E-state index contributed by atoms with van der Waals surface area (Å²) in [6.45, 7) is 0. The Bertz CT molecular complexity index is 514. The van der Waals surface area contributed by atoms with E-state index in [0.29, 0.717) is 5.02 Å². The van der Waals surface area contributed by atoms with Crippen molar-refractivity contribution in [2.75, 3.05) is 5.73 Å². The lowest BCUT2D eigenvalue weighted by molar-refractivity contribution is 0.429. The van der Waals surface area contributed by atoms with Crippen LogP contribution in [-0.2, 0) is 0 Å². The molecule has 0 aliphatic heterocycles. The highest BCUT2D eigenvalue weighted by Crippen LogP contribution is 2.29. The van der Waals surface area contributed by atoms with Crippen LogP contribution in [0.15, 0.2) is 30.5 Å². The minimum atomic E-state index is -0.589. The van der Waals surface area contributed by atoms with Gasteiger partial charge in [-0.1, -0.05) is 23.2 Å². The summed E-state index contributed by atoms with van der Waals surface area (Å²) < 4.78 is 18.7. The molecule has 0 aliphatic rings. The van der Waals surface area contributed by atoms with E-state index in [4.69, 9.17) is 33.7 Å². The first-order valence-electron chi connectivity index (χ1n) is 4.60. The molecule has 0 radical (unpaired) electrons. The van der Waals surface area contributed by atoms with Gasteiger partial charge in [-0.05, 0) is 24.3 Å². The molecule has 0 atom stereocenters. The van der Waals surface area contributed by atoms with Crippen molar-refractivity contribution in [1.29, 1.82) is 0 Å². The lowest BCUT2D eigenvalue weighted by Gasteiger charge is -2.08. The molecule has 2 rings (SSSR count). The first kappa shape index (κ1) is 12.0. The smallest absolute Gasteiger partial charge is 0.242 e. The Morgan fingerprint density at radius 3 is 2.59 bits per heavy atom. The molecule has 0 amide bonds. The van der Waals surface area contributed by atoms with Crippen LogP contribution in [0, 0.1) is 5.82 Å². The summed E-state index contributed by atoms with van der Waals surface area (Å²) in [6, 6.07) is 5.51. The number of halogens is 3. The molecule has 2 N–H and O–H groups in total. The number of aromatic nitrogens is 1. The summed E-state index contributed by atoms with van der Waals surface area (Å²) in [7, 11) is 0. The van der Waals surface area contributed by atoms with E-state index in [1.165, 1.54) is 24.4 Å². The molecule has 0 saturated heterocycles. The van der Waals surface area contributed by atoms with E-state index in [2.05, 4.69) is 4.98 Å². The highest BCUT2D eigenvalue weighted by atomic mass is 35.5. The number of benzene rings is 1. The first-order chi connectivity index (χ1) is 8.06. The van der Waals surface area contributed by atoms with Gasteiger partial charge in [-0.25, -0.2) is 9.37 Å². The molecule has 1 heterocycles. The SMILES string of the molecule is Nc1cc(Cl)cnc1Oc1ccc(Cl)cc1F. The fraction of sp³-hybridized carbons (Fsp3) is 0. The maximum atomic E-state index is 13.4. The van der Waals surface area contributed by atoms with Crippen LogP contribution in [-0.4, -0.2) is 4.98 Å². The molecule has 0 spiro atoms. The van der Waals surface area contributed by atoms with Gasteiger partial charge in [0.15, 0.2) is 11.6 Å². The number of rotatable bonds is 2. The van der Waals surface area contributed by atoms with Crippen LogP contribution in [0.4, 0.5) is 10.1 Å². The van der Waals surface area contributed by atoms with Crippen molar-refractivity contribution in [3.05, 3.63) is 46.3 Å². The van der Waals surface area contributed by atoms with Gasteiger partial charge in [0.05, 0.1) is 10.7 Å². The normalized spacial score (nSPS) is 10.3. The second-order valence-corrected chi connectivity index (χ2v) is 4.10. The maximum Gasteiger partial charge on any atom is 0.242 e. The average molecular weight is 273 g/mol. The van der Waals surface area contributed by atoms with Gasteiger partial charge in [-0.15, -0.1) is 0 Å². The molecule has 0 saturated carbocycles. The van der Waals surface area contributed by atoms with E-state index in [1.807, 2.05) is 0 Å². The summed E-state index contributed by atoms with van der Waals surface area (Å²) in [5.41, 5.74) is 5.86. The van der Waals surface area contributed by atoms with Gasteiger partial charge in [0, 0.05) is 11.2 Å². The molecule has 2 aromatic rings. The third-order valence-electron chi connectivity index (χ3n) is 1.95. The third-order valence-corrected chi connectivity index (χ3v) is 2.39. The van der Waals surface area contributed by atoms with E-state index in [1.54, 1.807) is 0 Å². The largest absolute Gasteiger partial charge is 0.434 e. The molecular formula is C11H7Cl2FN2O. The summed E-state index contributed by atoms with van der Waals surface area (Å²) in [6.07, 6.45) is 1.36. The van der Waals surface area contributed by atoms with Crippen molar-refractivity contribution >= 4 is 28.9 Å². The molecule has 3 nitrogen and oxygen atoms in total. The molecule has 0 fully saturated rings. The molecule has 0 unspecified atom stereocenters. The van der Waals surface area contributed by atoms with Crippen molar-refractivity contribution in [3.63, 3.8) is 0 Å².